The van der Waals surface area contributed by atoms with Crippen LogP contribution in [0.5, 0.6) is 0 Å². The molecule has 4 atom stereocenters. The van der Waals surface area contributed by atoms with Gasteiger partial charge in [-0.1, -0.05) is 13.0 Å². The molecule has 0 radical (unpaired) electrons. The Bertz CT molecular complexity index is 629. The van der Waals surface area contributed by atoms with E-state index in [1.54, 1.807) is 13.8 Å². The first-order valence-electron chi connectivity index (χ1n) is 7.70. The van der Waals surface area contributed by atoms with Crippen LogP contribution in [0.4, 0.5) is 17.6 Å². The van der Waals surface area contributed by atoms with Crippen molar-refractivity contribution in [3.05, 3.63) is 35.1 Å². The van der Waals surface area contributed by atoms with Crippen LogP contribution in [0.15, 0.2) is 18.2 Å². The number of alkyl halides is 3. The average Bonchev–Trinajstić information content (AvgIpc) is 2.73. The molecule has 1 fully saturated rings. The van der Waals surface area contributed by atoms with E-state index in [0.717, 1.165) is 6.92 Å². The Balaban J connectivity index is 2.53. The highest BCUT2D eigenvalue weighted by Gasteiger charge is 2.65. The Morgan fingerprint density at radius 1 is 1.38 bits per heavy atom. The fraction of sp³-hybridized carbons (Fsp3) is 0.588. The Morgan fingerprint density at radius 2 is 2.00 bits per heavy atom. The third-order valence-corrected chi connectivity index (χ3v) is 4.78. The molecule has 0 amide bonds. The highest BCUT2D eigenvalue weighted by atomic mass is 19.4. The van der Waals surface area contributed by atoms with Crippen molar-refractivity contribution in [2.45, 2.75) is 51.5 Å². The van der Waals surface area contributed by atoms with Gasteiger partial charge < -0.3 is 9.47 Å². The summed E-state index contributed by atoms with van der Waals surface area (Å²) in [5, 5.41) is 0. The second-order valence-electron chi connectivity index (χ2n) is 6.21. The monoisotopic (exact) mass is 348 g/mol. The third-order valence-electron chi connectivity index (χ3n) is 4.78. The third kappa shape index (κ3) is 3.01. The molecule has 1 heterocycles. The van der Waals surface area contributed by atoms with E-state index < -0.39 is 41.5 Å². The molecule has 1 aromatic carbocycles. The Kier molecular flexibility index (Phi) is 4.95. The largest absolute Gasteiger partial charge is 0.464 e. The highest BCUT2D eigenvalue weighted by Crippen LogP contribution is 2.53. The van der Waals surface area contributed by atoms with Crippen molar-refractivity contribution in [2.24, 2.45) is 5.92 Å². The van der Waals surface area contributed by atoms with Gasteiger partial charge in [-0.3, -0.25) is 0 Å². The number of esters is 1. The summed E-state index contributed by atoms with van der Waals surface area (Å²) < 4.78 is 64.0. The number of benzene rings is 1. The second-order valence-corrected chi connectivity index (χ2v) is 6.21. The van der Waals surface area contributed by atoms with Crippen molar-refractivity contribution in [3.8, 4) is 0 Å². The van der Waals surface area contributed by atoms with E-state index in [2.05, 4.69) is 0 Å². The SMILES string of the molecule is CCOC(=O)[C@H]1O[C@@](C)(C(F)(F)F)[C@@H](C)[C@H]1c1ccc(F)cc1C. The Hall–Kier alpha value is -1.63. The predicted molar refractivity (Wildman–Crippen MR) is 79.0 cm³/mol. The minimum absolute atomic E-state index is 0.0327. The zero-order chi connectivity index (χ0) is 18.3. The van der Waals surface area contributed by atoms with E-state index in [4.69, 9.17) is 9.47 Å². The first-order valence-corrected chi connectivity index (χ1v) is 7.70. The fourth-order valence-corrected chi connectivity index (χ4v) is 3.24. The van der Waals surface area contributed by atoms with Gasteiger partial charge >= 0.3 is 12.1 Å². The molecule has 0 spiro atoms. The van der Waals surface area contributed by atoms with Crippen molar-refractivity contribution in [2.75, 3.05) is 6.61 Å². The first-order chi connectivity index (χ1) is 11.0. The number of ether oxygens (including phenoxy) is 2. The predicted octanol–water partition coefficient (Wildman–Crippen LogP) is 4.14. The van der Waals surface area contributed by atoms with E-state index in [-0.39, 0.29) is 6.61 Å². The standard InChI is InChI=1S/C17H20F4O3/c1-5-23-15(22)14-13(12-7-6-11(18)8-9(12)2)10(3)16(4,24-14)17(19,20)21/h6-8,10,13-14H,5H2,1-4H3/t10-,13-,14-,16+/m0/s1. The molecule has 1 aliphatic heterocycles. The van der Waals surface area contributed by atoms with Crippen LogP contribution in [0.25, 0.3) is 0 Å². The van der Waals surface area contributed by atoms with Crippen LogP contribution in [-0.2, 0) is 14.3 Å². The van der Waals surface area contributed by atoms with Crippen LogP contribution >= 0.6 is 0 Å². The van der Waals surface area contributed by atoms with Crippen LogP contribution in [0, 0.1) is 18.7 Å². The fourth-order valence-electron chi connectivity index (χ4n) is 3.24. The van der Waals surface area contributed by atoms with Crippen LogP contribution in [0.1, 0.15) is 37.8 Å². The smallest absolute Gasteiger partial charge is 0.417 e. The summed E-state index contributed by atoms with van der Waals surface area (Å²) in [7, 11) is 0. The molecule has 0 N–H and O–H groups in total. The van der Waals surface area contributed by atoms with E-state index in [1.165, 1.54) is 25.1 Å². The first kappa shape index (κ1) is 18.7. The quantitative estimate of drug-likeness (QED) is 0.608. The van der Waals surface area contributed by atoms with Gasteiger partial charge in [0.05, 0.1) is 6.61 Å². The molecule has 3 nitrogen and oxygen atoms in total. The summed E-state index contributed by atoms with van der Waals surface area (Å²) in [6.45, 7) is 5.52. The molecular weight excluding hydrogens is 328 g/mol. The highest BCUT2D eigenvalue weighted by molar-refractivity contribution is 5.77. The molecular formula is C17H20F4O3. The molecule has 0 unspecified atom stereocenters. The molecule has 24 heavy (non-hydrogen) atoms. The molecule has 7 heteroatoms. The van der Waals surface area contributed by atoms with E-state index in [0.29, 0.717) is 11.1 Å². The average molecular weight is 348 g/mol. The lowest BCUT2D eigenvalue weighted by Gasteiger charge is -2.32. The normalized spacial score (nSPS) is 30.4. The van der Waals surface area contributed by atoms with Crippen LogP contribution in [0.2, 0.25) is 0 Å². The summed E-state index contributed by atoms with van der Waals surface area (Å²) in [5.74, 6) is -3.26. The molecule has 0 aliphatic carbocycles. The maximum Gasteiger partial charge on any atom is 0.417 e. The van der Waals surface area contributed by atoms with Crippen LogP contribution in [-0.4, -0.2) is 30.5 Å². The molecule has 0 aromatic heterocycles. The van der Waals surface area contributed by atoms with Gasteiger partial charge in [0.25, 0.3) is 0 Å². The zero-order valence-electron chi connectivity index (χ0n) is 13.9. The molecule has 0 bridgehead atoms. The maximum absolute atomic E-state index is 13.5. The summed E-state index contributed by atoms with van der Waals surface area (Å²) >= 11 is 0. The lowest BCUT2D eigenvalue weighted by atomic mass is 9.76. The summed E-state index contributed by atoms with van der Waals surface area (Å²) in [4.78, 5) is 12.2. The minimum atomic E-state index is -4.65. The van der Waals surface area contributed by atoms with E-state index in [9.17, 15) is 22.4 Å². The summed E-state index contributed by atoms with van der Waals surface area (Å²) in [5.41, 5.74) is -1.57. The van der Waals surface area contributed by atoms with Gasteiger partial charge in [0, 0.05) is 11.8 Å². The van der Waals surface area contributed by atoms with Gasteiger partial charge in [0.15, 0.2) is 11.7 Å². The maximum atomic E-state index is 13.5. The van der Waals surface area contributed by atoms with Gasteiger partial charge in [-0.25, -0.2) is 9.18 Å². The lowest BCUT2D eigenvalue weighted by Crippen LogP contribution is -2.47. The van der Waals surface area contributed by atoms with E-state index >= 15 is 0 Å². The van der Waals surface area contributed by atoms with Crippen molar-refractivity contribution < 1.29 is 31.8 Å². The van der Waals surface area contributed by atoms with Crippen molar-refractivity contribution in [1.29, 1.82) is 0 Å². The van der Waals surface area contributed by atoms with Crippen LogP contribution in [0.3, 0.4) is 0 Å². The number of carbonyl (C=O) groups is 1. The number of hydrogen-bond donors (Lipinski definition) is 0. The van der Waals surface area contributed by atoms with Gasteiger partial charge in [-0.05, 0) is 44.0 Å². The summed E-state index contributed by atoms with van der Waals surface area (Å²) in [6, 6.07) is 3.80. The molecule has 0 saturated carbocycles. The summed E-state index contributed by atoms with van der Waals surface area (Å²) in [6.07, 6.45) is -6.05. The van der Waals surface area contributed by atoms with Gasteiger partial charge in [0.1, 0.15) is 5.82 Å². The van der Waals surface area contributed by atoms with Crippen molar-refractivity contribution >= 4 is 5.97 Å². The van der Waals surface area contributed by atoms with Gasteiger partial charge in [-0.15, -0.1) is 0 Å². The number of halogens is 4. The van der Waals surface area contributed by atoms with Crippen molar-refractivity contribution in [1.82, 2.24) is 0 Å². The minimum Gasteiger partial charge on any atom is -0.464 e. The van der Waals surface area contributed by atoms with Crippen molar-refractivity contribution in [3.63, 3.8) is 0 Å². The number of hydrogen-bond acceptors (Lipinski definition) is 3. The second kappa shape index (κ2) is 6.35. The van der Waals surface area contributed by atoms with Gasteiger partial charge in [0.2, 0.25) is 0 Å². The zero-order valence-corrected chi connectivity index (χ0v) is 13.9. The molecule has 1 saturated heterocycles. The molecule has 2 rings (SSSR count). The van der Waals surface area contributed by atoms with E-state index in [1.807, 2.05) is 0 Å². The topological polar surface area (TPSA) is 35.5 Å². The number of rotatable bonds is 3. The molecule has 134 valence electrons. The van der Waals surface area contributed by atoms with Crippen LogP contribution < -0.4 is 0 Å². The lowest BCUT2D eigenvalue weighted by molar-refractivity contribution is -0.274. The molecule has 1 aromatic rings. The Labute approximate surface area is 137 Å². The Morgan fingerprint density at radius 3 is 2.50 bits per heavy atom. The molecule has 1 aliphatic rings. The number of aryl methyl sites for hydroxylation is 1. The number of carbonyl (C=O) groups excluding carboxylic acids is 1. The van der Waals surface area contributed by atoms with Gasteiger partial charge in [-0.2, -0.15) is 13.2 Å².